The lowest BCUT2D eigenvalue weighted by Crippen LogP contribution is -2.08. The summed E-state index contributed by atoms with van der Waals surface area (Å²) in [6, 6.07) is 75.1. The first-order valence-corrected chi connectivity index (χ1v) is 23.9. The number of allylic oxidation sites excluding steroid dienone is 4. The molecule has 320 valence electrons. The lowest BCUT2D eigenvalue weighted by molar-refractivity contribution is 0.785. The quantitative estimate of drug-likeness (QED) is 0.153. The number of hydrogen-bond acceptors (Lipinski definition) is 5. The fourth-order valence-corrected chi connectivity index (χ4v) is 11.1. The zero-order chi connectivity index (χ0) is 45.0. The van der Waals surface area contributed by atoms with E-state index in [-0.39, 0.29) is 5.92 Å². The molecule has 0 fully saturated rings. The van der Waals surface area contributed by atoms with Crippen LogP contribution in [-0.4, -0.2) is 24.5 Å². The molecule has 0 N–H and O–H groups in total. The molecule has 13 rings (SSSR count). The van der Waals surface area contributed by atoms with Crippen LogP contribution in [0.1, 0.15) is 23.7 Å². The minimum absolute atomic E-state index is 0.0280. The molecule has 12 aromatic rings. The van der Waals surface area contributed by atoms with Crippen molar-refractivity contribution >= 4 is 59.0 Å². The van der Waals surface area contributed by atoms with Crippen molar-refractivity contribution in [2.24, 2.45) is 0 Å². The minimum atomic E-state index is -0.0280. The van der Waals surface area contributed by atoms with Crippen LogP contribution in [0.25, 0.3) is 110 Å². The van der Waals surface area contributed by atoms with E-state index in [9.17, 15) is 0 Å². The lowest BCUT2D eigenvalue weighted by atomic mass is 9.87. The largest absolute Gasteiger partial charge is 0.309 e. The lowest BCUT2D eigenvalue weighted by Gasteiger charge is -2.20. The molecule has 0 aliphatic heterocycles. The molecule has 0 spiro atoms. The van der Waals surface area contributed by atoms with Gasteiger partial charge in [-0.15, -0.1) is 11.3 Å². The third-order valence-corrected chi connectivity index (χ3v) is 14.3. The second-order valence-corrected chi connectivity index (χ2v) is 18.4. The molecule has 68 heavy (non-hydrogen) atoms. The first kappa shape index (κ1) is 39.8. The van der Waals surface area contributed by atoms with Crippen LogP contribution in [0.3, 0.4) is 0 Å². The van der Waals surface area contributed by atoms with Crippen molar-refractivity contribution in [1.29, 1.82) is 0 Å². The van der Waals surface area contributed by atoms with Crippen LogP contribution in [0.2, 0.25) is 0 Å². The maximum Gasteiger partial charge on any atom is 0.160 e. The summed E-state index contributed by atoms with van der Waals surface area (Å²) in [7, 11) is 0. The van der Waals surface area contributed by atoms with E-state index in [0.29, 0.717) is 5.82 Å². The Balaban J connectivity index is 0.964. The van der Waals surface area contributed by atoms with Crippen molar-refractivity contribution in [2.45, 2.75) is 12.3 Å². The van der Waals surface area contributed by atoms with Crippen LogP contribution >= 0.6 is 11.3 Å². The van der Waals surface area contributed by atoms with Gasteiger partial charge in [0.2, 0.25) is 0 Å². The third kappa shape index (κ3) is 7.01. The van der Waals surface area contributed by atoms with Crippen LogP contribution < -0.4 is 0 Å². The van der Waals surface area contributed by atoms with E-state index in [1.54, 1.807) is 11.3 Å². The Hall–Kier alpha value is -8.58. The van der Waals surface area contributed by atoms with Crippen LogP contribution in [0.4, 0.5) is 0 Å². The van der Waals surface area contributed by atoms with Gasteiger partial charge in [0.1, 0.15) is 5.82 Å². The molecule has 5 nitrogen and oxygen atoms in total. The topological polar surface area (TPSA) is 56.5 Å². The van der Waals surface area contributed by atoms with Crippen molar-refractivity contribution in [3.63, 3.8) is 0 Å². The highest BCUT2D eigenvalue weighted by Crippen LogP contribution is 2.44. The molecule has 0 bridgehead atoms. The van der Waals surface area contributed by atoms with Crippen LogP contribution in [0, 0.1) is 0 Å². The van der Waals surface area contributed by atoms with E-state index in [1.165, 1.54) is 37.7 Å². The van der Waals surface area contributed by atoms with E-state index < -0.39 is 0 Å². The summed E-state index contributed by atoms with van der Waals surface area (Å²) < 4.78 is 4.72. The molecule has 1 aliphatic carbocycles. The highest BCUT2D eigenvalue weighted by atomic mass is 32.1. The number of thiophene rings is 1. The third-order valence-electron chi connectivity index (χ3n) is 13.2. The second kappa shape index (κ2) is 16.7. The maximum atomic E-state index is 5.35. The molecular formula is C62H41N5S. The predicted octanol–water partition coefficient (Wildman–Crippen LogP) is 16.2. The fourth-order valence-electron chi connectivity index (χ4n) is 9.92. The number of aromatic nitrogens is 5. The van der Waals surface area contributed by atoms with E-state index in [1.807, 2.05) is 12.1 Å². The van der Waals surface area contributed by atoms with Gasteiger partial charge in [-0.25, -0.2) is 19.9 Å². The summed E-state index contributed by atoms with van der Waals surface area (Å²) in [4.78, 5) is 21.2. The van der Waals surface area contributed by atoms with Gasteiger partial charge in [0.05, 0.1) is 38.3 Å². The van der Waals surface area contributed by atoms with Crippen molar-refractivity contribution in [2.75, 3.05) is 0 Å². The summed E-state index contributed by atoms with van der Waals surface area (Å²) >= 11 is 1.76. The van der Waals surface area contributed by atoms with E-state index in [4.69, 9.17) is 19.9 Å². The highest BCUT2D eigenvalue weighted by molar-refractivity contribution is 7.26. The summed E-state index contributed by atoms with van der Waals surface area (Å²) in [5.41, 5.74) is 16.1. The van der Waals surface area contributed by atoms with Gasteiger partial charge in [-0.05, 0) is 71.1 Å². The Labute approximate surface area is 397 Å². The molecule has 6 heteroatoms. The Bertz CT molecular complexity index is 3870. The van der Waals surface area contributed by atoms with Crippen molar-refractivity contribution < 1.29 is 0 Å². The van der Waals surface area contributed by atoms with Crippen LogP contribution in [0.5, 0.6) is 0 Å². The van der Waals surface area contributed by atoms with Crippen molar-refractivity contribution in [3.05, 3.63) is 242 Å². The van der Waals surface area contributed by atoms with E-state index >= 15 is 0 Å². The number of hydrogen-bond donors (Lipinski definition) is 0. The molecule has 1 atom stereocenters. The fraction of sp³-hybridized carbons (Fsp3) is 0.0323. The molecule has 1 aliphatic rings. The Morgan fingerprint density at radius 1 is 0.471 bits per heavy atom. The molecule has 4 heterocycles. The molecule has 0 amide bonds. The second-order valence-electron chi connectivity index (χ2n) is 17.3. The maximum absolute atomic E-state index is 5.35. The summed E-state index contributed by atoms with van der Waals surface area (Å²) in [6.07, 6.45) is 7.48. The Morgan fingerprint density at radius 2 is 1.12 bits per heavy atom. The van der Waals surface area contributed by atoms with Gasteiger partial charge in [0.25, 0.3) is 0 Å². The van der Waals surface area contributed by atoms with Crippen molar-refractivity contribution in [3.8, 4) is 62.0 Å². The summed E-state index contributed by atoms with van der Waals surface area (Å²) in [5, 5.41) is 3.55. The predicted molar refractivity (Wildman–Crippen MR) is 283 cm³/mol. The SMILES string of the molecule is C1=CC(c2nc(-c3ccccc3)cc(-c3ccccc3)n2)CC(c2cccc3c2c2cc(-c4ccccc4)ccc2n3-c2cccc(-c3nc(-c4ccccc4)c4sc5ccccc5c4n3)c2)=C1. The Morgan fingerprint density at radius 3 is 1.85 bits per heavy atom. The van der Waals surface area contributed by atoms with E-state index in [0.717, 1.165) is 83.9 Å². The van der Waals surface area contributed by atoms with Gasteiger partial charge in [0.15, 0.2) is 5.82 Å². The number of nitrogens with zero attached hydrogens (tertiary/aromatic N) is 5. The average Bonchev–Trinajstić information content (AvgIpc) is 3.97. The summed E-state index contributed by atoms with van der Waals surface area (Å²) in [6.45, 7) is 0. The van der Waals surface area contributed by atoms with Gasteiger partial charge in [-0.2, -0.15) is 0 Å². The highest BCUT2D eigenvalue weighted by Gasteiger charge is 2.24. The standard InChI is InChI=1S/C62H41N5S/c1-5-18-40(19-6-1)44-34-35-54-51(38-44)57-49(45-26-15-27-46(36-45)61-63-52(41-20-7-2-8-21-41)39-53(64-61)42-22-9-3-10-23-42)31-17-32-55(57)67(54)48-29-16-28-47(37-48)62-65-58(43-24-11-4-12-25-43)60-59(66-62)50-30-13-14-33-56(50)68-60/h1-35,37-39,46H,36H2. The number of fused-ring (bicyclic) bond motifs is 6. The van der Waals surface area contributed by atoms with Gasteiger partial charge in [-0.1, -0.05) is 188 Å². The first-order chi connectivity index (χ1) is 33.7. The van der Waals surface area contributed by atoms with Crippen LogP contribution in [0.15, 0.2) is 231 Å². The number of benzene rings is 8. The average molecular weight is 888 g/mol. The Kier molecular flexibility index (Phi) is 9.76. The molecule has 1 unspecified atom stereocenters. The van der Waals surface area contributed by atoms with Crippen molar-refractivity contribution in [1.82, 2.24) is 24.5 Å². The molecule has 4 aromatic heterocycles. The molecule has 0 saturated carbocycles. The monoisotopic (exact) mass is 887 g/mol. The van der Waals surface area contributed by atoms with Gasteiger partial charge < -0.3 is 4.57 Å². The summed E-state index contributed by atoms with van der Waals surface area (Å²) in [5.74, 6) is 1.49. The molecule has 8 aromatic carbocycles. The van der Waals surface area contributed by atoms with Gasteiger partial charge >= 0.3 is 0 Å². The van der Waals surface area contributed by atoms with Gasteiger partial charge in [-0.3, -0.25) is 0 Å². The zero-order valence-electron chi connectivity index (χ0n) is 36.9. The van der Waals surface area contributed by atoms with Crippen LogP contribution in [-0.2, 0) is 0 Å². The first-order valence-electron chi connectivity index (χ1n) is 23.1. The molecular weight excluding hydrogens is 847 g/mol. The van der Waals surface area contributed by atoms with E-state index in [2.05, 4.69) is 223 Å². The normalized spacial score (nSPS) is 13.7. The zero-order valence-corrected chi connectivity index (χ0v) is 37.7. The molecule has 0 radical (unpaired) electrons. The van der Waals surface area contributed by atoms with Gasteiger partial charge in [0, 0.05) is 54.7 Å². The minimum Gasteiger partial charge on any atom is -0.309 e. The smallest absolute Gasteiger partial charge is 0.160 e. The molecule has 0 saturated heterocycles. The number of rotatable bonds is 8.